The third-order valence-electron chi connectivity index (χ3n) is 2.25. The minimum Gasteiger partial charge on any atom is -0.336 e. The summed E-state index contributed by atoms with van der Waals surface area (Å²) in [6.45, 7) is 2.75. The van der Waals surface area contributed by atoms with E-state index in [0.29, 0.717) is 6.54 Å². The Balaban J connectivity index is 2.72. The van der Waals surface area contributed by atoms with Gasteiger partial charge in [0.05, 0.1) is 6.54 Å². The number of hydrogen-bond donors (Lipinski definition) is 0. The molecule has 0 saturated heterocycles. The molecule has 0 radical (unpaired) electrons. The molecule has 1 heteroatoms. The Morgan fingerprint density at radius 2 is 2.15 bits per heavy atom. The van der Waals surface area contributed by atoms with Crippen LogP contribution < -0.4 is 0 Å². The molecular formula is C12H11N. The highest BCUT2D eigenvalue weighted by Gasteiger charge is 2.01. The van der Waals surface area contributed by atoms with E-state index in [1.54, 1.807) is 0 Å². The van der Waals surface area contributed by atoms with Gasteiger partial charge < -0.3 is 4.57 Å². The fraction of sp³-hybridized carbons (Fsp3) is 0.167. The number of nitrogens with zero attached hydrogens (tertiary/aromatic N) is 1. The predicted molar refractivity (Wildman–Crippen MR) is 55.5 cm³/mol. The Hall–Kier alpha value is -1.68. The normalized spacial score (nSPS) is 10.2. The van der Waals surface area contributed by atoms with E-state index in [2.05, 4.69) is 41.8 Å². The number of fused-ring (bicyclic) bond motifs is 1. The number of para-hydroxylation sites is 1. The molecule has 0 fully saturated rings. The highest BCUT2D eigenvalue weighted by molar-refractivity contribution is 5.83. The predicted octanol–water partition coefficient (Wildman–Crippen LogP) is 2.58. The SMILES string of the molecule is C#CCn1cc(C)c2ccccc21. The lowest BCUT2D eigenvalue weighted by atomic mass is 10.2. The second-order valence-corrected chi connectivity index (χ2v) is 3.16. The van der Waals surface area contributed by atoms with Crippen molar-refractivity contribution in [1.29, 1.82) is 0 Å². The summed E-state index contributed by atoms with van der Waals surface area (Å²) in [4.78, 5) is 0. The number of aromatic nitrogens is 1. The average molecular weight is 169 g/mol. The van der Waals surface area contributed by atoms with Gasteiger partial charge in [0.1, 0.15) is 0 Å². The fourth-order valence-corrected chi connectivity index (χ4v) is 1.66. The smallest absolute Gasteiger partial charge is 0.0835 e. The van der Waals surface area contributed by atoms with Gasteiger partial charge in [0, 0.05) is 17.1 Å². The van der Waals surface area contributed by atoms with E-state index < -0.39 is 0 Å². The van der Waals surface area contributed by atoms with Crippen molar-refractivity contribution in [3.8, 4) is 12.3 Å². The summed E-state index contributed by atoms with van der Waals surface area (Å²) >= 11 is 0. The largest absolute Gasteiger partial charge is 0.336 e. The van der Waals surface area contributed by atoms with E-state index in [0.717, 1.165) is 0 Å². The van der Waals surface area contributed by atoms with Crippen molar-refractivity contribution in [3.63, 3.8) is 0 Å². The maximum Gasteiger partial charge on any atom is 0.0835 e. The summed E-state index contributed by atoms with van der Waals surface area (Å²) in [5, 5.41) is 1.29. The number of terminal acetylenes is 1. The zero-order valence-electron chi connectivity index (χ0n) is 7.62. The van der Waals surface area contributed by atoms with Crippen LogP contribution in [0.25, 0.3) is 10.9 Å². The fourth-order valence-electron chi connectivity index (χ4n) is 1.66. The Morgan fingerprint density at radius 1 is 1.38 bits per heavy atom. The highest BCUT2D eigenvalue weighted by atomic mass is 14.9. The van der Waals surface area contributed by atoms with Gasteiger partial charge in [-0.1, -0.05) is 24.1 Å². The minimum absolute atomic E-state index is 0.647. The summed E-state index contributed by atoms with van der Waals surface area (Å²) in [6, 6.07) is 8.31. The molecule has 0 aliphatic heterocycles. The topological polar surface area (TPSA) is 4.93 Å². The Labute approximate surface area is 78.0 Å². The van der Waals surface area contributed by atoms with E-state index in [-0.39, 0.29) is 0 Å². The highest BCUT2D eigenvalue weighted by Crippen LogP contribution is 2.19. The van der Waals surface area contributed by atoms with Crippen molar-refractivity contribution in [3.05, 3.63) is 36.0 Å². The first-order chi connectivity index (χ1) is 6.33. The minimum atomic E-state index is 0.647. The molecule has 0 bridgehead atoms. The standard InChI is InChI=1S/C12H11N/c1-3-8-13-9-10(2)11-6-4-5-7-12(11)13/h1,4-7,9H,8H2,2H3. The van der Waals surface area contributed by atoms with Gasteiger partial charge in [0.15, 0.2) is 0 Å². The average Bonchev–Trinajstić information content (AvgIpc) is 2.46. The van der Waals surface area contributed by atoms with E-state index in [1.165, 1.54) is 16.5 Å². The van der Waals surface area contributed by atoms with E-state index in [4.69, 9.17) is 6.42 Å². The van der Waals surface area contributed by atoms with Crippen molar-refractivity contribution in [2.24, 2.45) is 0 Å². The third kappa shape index (κ3) is 1.21. The zero-order valence-corrected chi connectivity index (χ0v) is 7.62. The van der Waals surface area contributed by atoms with E-state index in [1.807, 2.05) is 6.07 Å². The van der Waals surface area contributed by atoms with Crippen molar-refractivity contribution < 1.29 is 0 Å². The lowest BCUT2D eigenvalue weighted by molar-refractivity contribution is 0.883. The molecule has 2 aromatic rings. The van der Waals surface area contributed by atoms with Crippen LogP contribution in [-0.2, 0) is 6.54 Å². The quantitative estimate of drug-likeness (QED) is 0.578. The second kappa shape index (κ2) is 2.99. The maximum absolute atomic E-state index is 5.29. The molecule has 0 spiro atoms. The van der Waals surface area contributed by atoms with Gasteiger partial charge >= 0.3 is 0 Å². The first-order valence-corrected chi connectivity index (χ1v) is 4.31. The van der Waals surface area contributed by atoms with E-state index in [9.17, 15) is 0 Å². The molecule has 13 heavy (non-hydrogen) atoms. The lowest BCUT2D eigenvalue weighted by Crippen LogP contribution is -1.91. The summed E-state index contributed by atoms with van der Waals surface area (Å²) in [7, 11) is 0. The van der Waals surface area contributed by atoms with Gasteiger partial charge in [-0.15, -0.1) is 6.42 Å². The summed E-state index contributed by atoms with van der Waals surface area (Å²) in [6.07, 6.45) is 7.39. The Bertz CT molecular complexity index is 471. The molecular weight excluding hydrogens is 158 g/mol. The van der Waals surface area contributed by atoms with Gasteiger partial charge in [-0.25, -0.2) is 0 Å². The molecule has 64 valence electrons. The molecule has 1 aromatic carbocycles. The van der Waals surface area contributed by atoms with Crippen LogP contribution in [0.2, 0.25) is 0 Å². The van der Waals surface area contributed by atoms with Crippen LogP contribution in [0.3, 0.4) is 0 Å². The van der Waals surface area contributed by atoms with Gasteiger partial charge in [-0.05, 0) is 18.6 Å². The molecule has 0 unspecified atom stereocenters. The van der Waals surface area contributed by atoms with Crippen molar-refractivity contribution in [2.45, 2.75) is 13.5 Å². The molecule has 0 N–H and O–H groups in total. The second-order valence-electron chi connectivity index (χ2n) is 3.16. The molecule has 1 aromatic heterocycles. The maximum atomic E-state index is 5.29. The number of benzene rings is 1. The molecule has 0 aliphatic carbocycles. The van der Waals surface area contributed by atoms with Crippen LogP contribution in [0.5, 0.6) is 0 Å². The van der Waals surface area contributed by atoms with E-state index >= 15 is 0 Å². The monoisotopic (exact) mass is 169 g/mol. The van der Waals surface area contributed by atoms with Crippen LogP contribution in [0.15, 0.2) is 30.5 Å². The first kappa shape index (κ1) is 7.94. The summed E-state index contributed by atoms with van der Waals surface area (Å²) in [5.74, 6) is 2.65. The molecule has 2 rings (SSSR count). The molecule has 0 amide bonds. The summed E-state index contributed by atoms with van der Waals surface area (Å²) < 4.78 is 2.10. The van der Waals surface area contributed by atoms with Crippen molar-refractivity contribution >= 4 is 10.9 Å². The lowest BCUT2D eigenvalue weighted by Gasteiger charge is -1.97. The van der Waals surface area contributed by atoms with Gasteiger partial charge in [-0.3, -0.25) is 0 Å². The van der Waals surface area contributed by atoms with Crippen molar-refractivity contribution in [2.75, 3.05) is 0 Å². The number of aryl methyl sites for hydroxylation is 1. The Kier molecular flexibility index (Phi) is 1.83. The number of rotatable bonds is 1. The number of hydrogen-bond acceptors (Lipinski definition) is 0. The Morgan fingerprint density at radius 3 is 2.92 bits per heavy atom. The van der Waals surface area contributed by atoms with Gasteiger partial charge in [0.25, 0.3) is 0 Å². The van der Waals surface area contributed by atoms with Gasteiger partial charge in [-0.2, -0.15) is 0 Å². The summed E-state index contributed by atoms with van der Waals surface area (Å²) in [5.41, 5.74) is 2.50. The van der Waals surface area contributed by atoms with Crippen molar-refractivity contribution in [1.82, 2.24) is 4.57 Å². The third-order valence-corrected chi connectivity index (χ3v) is 2.25. The van der Waals surface area contributed by atoms with Crippen LogP contribution in [0.1, 0.15) is 5.56 Å². The first-order valence-electron chi connectivity index (χ1n) is 4.31. The molecule has 1 nitrogen and oxygen atoms in total. The van der Waals surface area contributed by atoms with Crippen LogP contribution in [0, 0.1) is 19.3 Å². The van der Waals surface area contributed by atoms with Gasteiger partial charge in [0.2, 0.25) is 0 Å². The van der Waals surface area contributed by atoms with Crippen LogP contribution in [-0.4, -0.2) is 4.57 Å². The zero-order chi connectivity index (χ0) is 9.26. The molecule has 0 saturated carbocycles. The molecule has 0 atom stereocenters. The molecule has 0 aliphatic rings. The van der Waals surface area contributed by atoms with Crippen LogP contribution in [0.4, 0.5) is 0 Å². The molecule has 1 heterocycles. The van der Waals surface area contributed by atoms with Crippen LogP contribution >= 0.6 is 0 Å².